The molecule has 1 aromatic heterocycles. The predicted molar refractivity (Wildman–Crippen MR) is 89.8 cm³/mol. The molecule has 3 rings (SSSR count). The molecule has 1 amide bonds. The number of aromatic amines is 1. The molecule has 2 aromatic carbocycles. The Morgan fingerprint density at radius 1 is 1.17 bits per heavy atom. The Labute approximate surface area is 140 Å². The summed E-state index contributed by atoms with van der Waals surface area (Å²) < 4.78 is 0. The van der Waals surface area contributed by atoms with Crippen molar-refractivity contribution in [2.24, 2.45) is 5.10 Å². The first kappa shape index (κ1) is 15.7. The van der Waals surface area contributed by atoms with Crippen LogP contribution in [0.4, 0.5) is 0 Å². The van der Waals surface area contributed by atoms with Gasteiger partial charge in [-0.3, -0.25) is 4.79 Å². The number of amides is 1. The van der Waals surface area contributed by atoms with Crippen molar-refractivity contribution in [2.75, 3.05) is 0 Å². The molecule has 122 valence electrons. The van der Waals surface area contributed by atoms with Gasteiger partial charge in [0.25, 0.3) is 5.91 Å². The number of nitrogens with zero attached hydrogens (tertiary/aromatic N) is 1. The van der Waals surface area contributed by atoms with Crippen LogP contribution in [-0.4, -0.2) is 32.4 Å². The maximum Gasteiger partial charge on any atom is 0.271 e. The third-order valence-corrected chi connectivity index (χ3v) is 3.61. The number of fused-ring (bicyclic) bond motifs is 1. The van der Waals surface area contributed by atoms with Gasteiger partial charge in [0.1, 0.15) is 0 Å². The fourth-order valence-electron chi connectivity index (χ4n) is 2.18. The number of halogens is 1. The summed E-state index contributed by atoms with van der Waals surface area (Å²) in [6, 6.07) is 7.39. The third-order valence-electron chi connectivity index (χ3n) is 3.38. The smallest absolute Gasteiger partial charge is 0.271 e. The summed E-state index contributed by atoms with van der Waals surface area (Å²) in [5.74, 6) is -2.55. The summed E-state index contributed by atoms with van der Waals surface area (Å²) in [5.41, 5.74) is 3.82. The summed E-state index contributed by atoms with van der Waals surface area (Å²) in [5, 5.41) is 33.3. The molecule has 0 fully saturated rings. The number of H-pyrrole nitrogens is 1. The highest BCUT2D eigenvalue weighted by atomic mass is 35.5. The lowest BCUT2D eigenvalue weighted by Gasteiger charge is -2.04. The first-order valence-electron chi connectivity index (χ1n) is 6.80. The first-order valence-corrected chi connectivity index (χ1v) is 7.18. The van der Waals surface area contributed by atoms with Gasteiger partial charge in [-0.05, 0) is 30.3 Å². The second-order valence-corrected chi connectivity index (χ2v) is 5.43. The number of phenols is 3. The number of aromatic hydroxyl groups is 3. The van der Waals surface area contributed by atoms with Crippen molar-refractivity contribution in [3.05, 3.63) is 52.7 Å². The number of benzene rings is 2. The van der Waals surface area contributed by atoms with Gasteiger partial charge in [0.2, 0.25) is 0 Å². The van der Waals surface area contributed by atoms with Gasteiger partial charge in [0.05, 0.1) is 6.21 Å². The Balaban J connectivity index is 1.78. The van der Waals surface area contributed by atoms with E-state index in [0.29, 0.717) is 5.02 Å². The minimum absolute atomic E-state index is 0.0538. The van der Waals surface area contributed by atoms with E-state index in [9.17, 15) is 20.1 Å². The van der Waals surface area contributed by atoms with Crippen LogP contribution in [0.2, 0.25) is 5.02 Å². The number of hydrazone groups is 1. The molecular formula is C16H12ClN3O4. The summed E-state index contributed by atoms with van der Waals surface area (Å²) in [6.07, 6.45) is 3.15. The molecule has 5 N–H and O–H groups in total. The Bertz CT molecular complexity index is 942. The summed E-state index contributed by atoms with van der Waals surface area (Å²) in [7, 11) is 0. The van der Waals surface area contributed by atoms with E-state index in [1.165, 1.54) is 6.21 Å². The molecule has 0 atom stereocenters. The fraction of sp³-hybridized carbons (Fsp3) is 0. The lowest BCUT2D eigenvalue weighted by Crippen LogP contribution is -2.17. The van der Waals surface area contributed by atoms with Crippen molar-refractivity contribution in [1.29, 1.82) is 0 Å². The number of carbonyl (C=O) groups excluding carboxylic acids is 1. The molecule has 8 heteroatoms. The quantitative estimate of drug-likeness (QED) is 0.285. The Morgan fingerprint density at radius 2 is 1.88 bits per heavy atom. The van der Waals surface area contributed by atoms with E-state index in [-0.39, 0.29) is 5.56 Å². The van der Waals surface area contributed by atoms with E-state index < -0.39 is 23.2 Å². The van der Waals surface area contributed by atoms with Gasteiger partial charge in [-0.15, -0.1) is 0 Å². The van der Waals surface area contributed by atoms with Crippen molar-refractivity contribution in [3.63, 3.8) is 0 Å². The van der Waals surface area contributed by atoms with Crippen LogP contribution in [0.5, 0.6) is 17.2 Å². The molecule has 7 nitrogen and oxygen atoms in total. The molecule has 0 aliphatic rings. The fourth-order valence-corrected chi connectivity index (χ4v) is 2.35. The van der Waals surface area contributed by atoms with E-state index in [1.54, 1.807) is 18.3 Å². The predicted octanol–water partition coefficient (Wildman–Crippen LogP) is 2.70. The summed E-state index contributed by atoms with van der Waals surface area (Å²) in [6.45, 7) is 0. The van der Waals surface area contributed by atoms with Crippen LogP contribution in [0.15, 0.2) is 41.6 Å². The van der Waals surface area contributed by atoms with E-state index in [1.807, 2.05) is 6.07 Å². The van der Waals surface area contributed by atoms with E-state index in [0.717, 1.165) is 28.6 Å². The van der Waals surface area contributed by atoms with Crippen LogP contribution >= 0.6 is 11.6 Å². The molecule has 0 aliphatic heterocycles. The zero-order valence-electron chi connectivity index (χ0n) is 12.1. The summed E-state index contributed by atoms with van der Waals surface area (Å²) >= 11 is 5.96. The van der Waals surface area contributed by atoms with Crippen molar-refractivity contribution < 1.29 is 20.1 Å². The number of rotatable bonds is 3. The van der Waals surface area contributed by atoms with Gasteiger partial charge in [-0.1, -0.05) is 11.6 Å². The largest absolute Gasteiger partial charge is 0.504 e. The average Bonchev–Trinajstić information content (AvgIpc) is 2.94. The van der Waals surface area contributed by atoms with Gasteiger partial charge >= 0.3 is 0 Å². The lowest BCUT2D eigenvalue weighted by molar-refractivity contribution is 0.0954. The second-order valence-electron chi connectivity index (χ2n) is 5.00. The maximum absolute atomic E-state index is 11.9. The Morgan fingerprint density at radius 3 is 2.58 bits per heavy atom. The zero-order valence-corrected chi connectivity index (χ0v) is 12.9. The number of aromatic nitrogens is 1. The number of phenolic OH excluding ortho intramolecular Hbond substituents is 3. The Hall–Kier alpha value is -3.19. The average molecular weight is 346 g/mol. The number of carbonyl (C=O) groups is 1. The van der Waals surface area contributed by atoms with Crippen LogP contribution in [0.25, 0.3) is 10.9 Å². The zero-order chi connectivity index (χ0) is 17.3. The highest BCUT2D eigenvalue weighted by Crippen LogP contribution is 2.35. The molecule has 0 bridgehead atoms. The molecule has 1 heterocycles. The molecule has 0 aliphatic carbocycles. The van der Waals surface area contributed by atoms with Crippen LogP contribution in [0.1, 0.15) is 15.9 Å². The van der Waals surface area contributed by atoms with Gasteiger partial charge in [0.15, 0.2) is 17.2 Å². The Kier molecular flexibility index (Phi) is 4.01. The van der Waals surface area contributed by atoms with Crippen molar-refractivity contribution >= 4 is 34.6 Å². The molecule has 0 radical (unpaired) electrons. The highest BCUT2D eigenvalue weighted by molar-refractivity contribution is 6.31. The molecule has 0 saturated carbocycles. The van der Waals surface area contributed by atoms with Crippen molar-refractivity contribution in [1.82, 2.24) is 10.4 Å². The van der Waals surface area contributed by atoms with Gasteiger partial charge < -0.3 is 20.3 Å². The molecule has 3 aromatic rings. The number of hydrogen-bond donors (Lipinski definition) is 5. The first-order chi connectivity index (χ1) is 11.5. The van der Waals surface area contributed by atoms with E-state index in [4.69, 9.17) is 11.6 Å². The minimum Gasteiger partial charge on any atom is -0.504 e. The van der Waals surface area contributed by atoms with Crippen LogP contribution < -0.4 is 5.43 Å². The third kappa shape index (κ3) is 2.97. The van der Waals surface area contributed by atoms with Crippen LogP contribution in [0.3, 0.4) is 0 Å². The number of hydrogen-bond acceptors (Lipinski definition) is 5. The van der Waals surface area contributed by atoms with Crippen LogP contribution in [0, 0.1) is 0 Å². The highest BCUT2D eigenvalue weighted by Gasteiger charge is 2.13. The van der Waals surface area contributed by atoms with Crippen molar-refractivity contribution in [3.8, 4) is 17.2 Å². The summed E-state index contributed by atoms with van der Waals surface area (Å²) in [4.78, 5) is 15.0. The van der Waals surface area contributed by atoms with Crippen molar-refractivity contribution in [2.45, 2.75) is 0 Å². The van der Waals surface area contributed by atoms with E-state index >= 15 is 0 Å². The molecule has 0 unspecified atom stereocenters. The molecule has 0 saturated heterocycles. The maximum atomic E-state index is 11.9. The van der Waals surface area contributed by atoms with Gasteiger partial charge in [0, 0.05) is 33.2 Å². The van der Waals surface area contributed by atoms with Gasteiger partial charge in [-0.25, -0.2) is 5.43 Å². The van der Waals surface area contributed by atoms with E-state index in [2.05, 4.69) is 15.5 Å². The topological polar surface area (TPSA) is 118 Å². The number of nitrogens with one attached hydrogen (secondary N) is 2. The minimum atomic E-state index is -0.689. The SMILES string of the molecule is O=C(N/N=C/c1c[nH]c2ccc(Cl)cc12)c1cc(O)c(O)c(O)c1. The second kappa shape index (κ2) is 6.13. The standard InChI is InChI=1S/C16H12ClN3O4/c17-10-1-2-12-11(5-10)9(6-18-12)7-19-20-16(24)8-3-13(21)15(23)14(22)4-8/h1-7,18,21-23H,(H,20,24)/b19-7+. The van der Waals surface area contributed by atoms with Gasteiger partial charge in [-0.2, -0.15) is 5.10 Å². The lowest BCUT2D eigenvalue weighted by atomic mass is 10.2. The van der Waals surface area contributed by atoms with Crippen LogP contribution in [-0.2, 0) is 0 Å². The monoisotopic (exact) mass is 345 g/mol. The normalized spacial score (nSPS) is 11.2. The molecular weight excluding hydrogens is 334 g/mol. The molecule has 0 spiro atoms. The molecule has 24 heavy (non-hydrogen) atoms.